The maximum Gasteiger partial charge on any atom is 0.281 e. The van der Waals surface area contributed by atoms with Crippen LogP contribution in [0.4, 0.5) is 5.69 Å². The summed E-state index contributed by atoms with van der Waals surface area (Å²) in [5, 5.41) is 8.29. The van der Waals surface area contributed by atoms with Crippen molar-refractivity contribution in [2.45, 2.75) is 6.92 Å². The summed E-state index contributed by atoms with van der Waals surface area (Å²) in [4.78, 5) is 14.4. The van der Waals surface area contributed by atoms with Crippen molar-refractivity contribution in [3.05, 3.63) is 82.8 Å². The molecule has 3 aromatic rings. The first kappa shape index (κ1) is 17.5. The molecule has 0 atom stereocenters. The van der Waals surface area contributed by atoms with Crippen LogP contribution >= 0.6 is 23.8 Å². The molecular weight excluding hydrogens is 380 g/mol. The maximum absolute atomic E-state index is 12.9. The van der Waals surface area contributed by atoms with Crippen molar-refractivity contribution < 1.29 is 4.79 Å². The number of carbonyl (C=O) groups is 1. The number of aromatic nitrogens is 2. The van der Waals surface area contributed by atoms with E-state index >= 15 is 0 Å². The van der Waals surface area contributed by atoms with Gasteiger partial charge in [0.05, 0.1) is 17.6 Å². The molecule has 0 saturated carbocycles. The molecule has 0 radical (unpaired) electrons. The Hall–Kier alpha value is -2.96. The number of para-hydroxylation sites is 1. The first-order valence-electron chi connectivity index (χ1n) is 8.26. The summed E-state index contributed by atoms with van der Waals surface area (Å²) in [5.41, 5.74) is 3.74. The second-order valence-corrected chi connectivity index (χ2v) is 6.94. The van der Waals surface area contributed by atoms with E-state index in [2.05, 4.69) is 10.4 Å². The minimum atomic E-state index is -0.210. The second-order valence-electron chi connectivity index (χ2n) is 6.11. The lowest BCUT2D eigenvalue weighted by Gasteiger charge is -2.16. The highest BCUT2D eigenvalue weighted by Gasteiger charge is 2.32. The van der Waals surface area contributed by atoms with E-state index in [-0.39, 0.29) is 5.91 Å². The lowest BCUT2D eigenvalue weighted by molar-refractivity contribution is -0.113. The topological polar surface area (TPSA) is 50.2 Å². The van der Waals surface area contributed by atoms with Crippen LogP contribution in [0.3, 0.4) is 0 Å². The van der Waals surface area contributed by atoms with Crippen LogP contribution in [0.15, 0.2) is 66.6 Å². The molecule has 7 heteroatoms. The summed E-state index contributed by atoms with van der Waals surface area (Å²) in [6.07, 6.45) is 5.30. The number of rotatable bonds is 3. The Morgan fingerprint density at radius 3 is 2.70 bits per heavy atom. The van der Waals surface area contributed by atoms with E-state index in [4.69, 9.17) is 23.8 Å². The monoisotopic (exact) mass is 394 g/mol. The Morgan fingerprint density at radius 2 is 1.96 bits per heavy atom. The number of hydrogen-bond donors (Lipinski definition) is 1. The fourth-order valence-electron chi connectivity index (χ4n) is 2.92. The van der Waals surface area contributed by atoms with Gasteiger partial charge in [-0.1, -0.05) is 29.8 Å². The lowest BCUT2D eigenvalue weighted by Crippen LogP contribution is -2.30. The average molecular weight is 395 g/mol. The fourth-order valence-corrected chi connectivity index (χ4v) is 3.44. The van der Waals surface area contributed by atoms with Gasteiger partial charge in [0, 0.05) is 16.8 Å². The van der Waals surface area contributed by atoms with Gasteiger partial charge in [0.2, 0.25) is 0 Å². The largest absolute Gasteiger partial charge is 0.327 e. The predicted octanol–water partition coefficient (Wildman–Crippen LogP) is 4.10. The molecule has 1 aliphatic heterocycles. The van der Waals surface area contributed by atoms with Gasteiger partial charge in [0.25, 0.3) is 5.91 Å². The van der Waals surface area contributed by atoms with E-state index in [0.717, 1.165) is 16.8 Å². The number of aryl methyl sites for hydroxylation is 1. The number of halogens is 1. The molecule has 2 heterocycles. The second kappa shape index (κ2) is 6.98. The number of anilines is 1. The van der Waals surface area contributed by atoms with E-state index in [1.54, 1.807) is 35.2 Å². The number of nitrogens with zero attached hydrogens (tertiary/aromatic N) is 3. The van der Waals surface area contributed by atoms with Crippen LogP contribution < -0.4 is 10.2 Å². The van der Waals surface area contributed by atoms with Gasteiger partial charge >= 0.3 is 0 Å². The molecule has 4 rings (SSSR count). The van der Waals surface area contributed by atoms with Crippen molar-refractivity contribution in [2.75, 3.05) is 4.90 Å². The third-order valence-corrected chi connectivity index (χ3v) is 4.73. The third-order valence-electron chi connectivity index (χ3n) is 4.21. The molecule has 5 nitrogen and oxygen atoms in total. The molecule has 1 saturated heterocycles. The highest BCUT2D eigenvalue weighted by atomic mass is 35.5. The molecule has 2 aromatic carbocycles. The van der Waals surface area contributed by atoms with Crippen LogP contribution in [0.5, 0.6) is 0 Å². The first-order chi connectivity index (χ1) is 13.0. The SMILES string of the molecule is Cc1cc(Cl)ccc1N1C(=O)/C(=C\c2cnn(-c3ccccc3)c2)NC1=S. The summed E-state index contributed by atoms with van der Waals surface area (Å²) in [7, 11) is 0. The number of carbonyl (C=O) groups excluding carboxylic acids is 1. The molecule has 0 aliphatic carbocycles. The van der Waals surface area contributed by atoms with Gasteiger partial charge in [-0.3, -0.25) is 9.69 Å². The Morgan fingerprint density at radius 1 is 1.19 bits per heavy atom. The molecule has 27 heavy (non-hydrogen) atoms. The lowest BCUT2D eigenvalue weighted by atomic mass is 10.2. The summed E-state index contributed by atoms with van der Waals surface area (Å²) >= 11 is 11.4. The highest BCUT2D eigenvalue weighted by Crippen LogP contribution is 2.28. The van der Waals surface area contributed by atoms with E-state index in [1.807, 2.05) is 43.5 Å². The predicted molar refractivity (Wildman–Crippen MR) is 111 cm³/mol. The summed E-state index contributed by atoms with van der Waals surface area (Å²) in [6, 6.07) is 15.1. The minimum absolute atomic E-state index is 0.210. The molecule has 1 N–H and O–H groups in total. The van der Waals surface area contributed by atoms with Crippen molar-refractivity contribution in [3.63, 3.8) is 0 Å². The quantitative estimate of drug-likeness (QED) is 0.537. The van der Waals surface area contributed by atoms with Gasteiger partial charge in [0.15, 0.2) is 5.11 Å². The summed E-state index contributed by atoms with van der Waals surface area (Å²) < 4.78 is 1.76. The fraction of sp³-hybridized carbons (Fsp3) is 0.0500. The van der Waals surface area contributed by atoms with Gasteiger partial charge in [-0.15, -0.1) is 0 Å². The Balaban J connectivity index is 1.63. The van der Waals surface area contributed by atoms with Crippen LogP contribution in [0, 0.1) is 6.92 Å². The van der Waals surface area contributed by atoms with Crippen LogP contribution in [-0.4, -0.2) is 20.8 Å². The zero-order chi connectivity index (χ0) is 19.0. The van der Waals surface area contributed by atoms with Crippen molar-refractivity contribution in [3.8, 4) is 5.69 Å². The molecule has 134 valence electrons. The van der Waals surface area contributed by atoms with Crippen molar-refractivity contribution >= 4 is 46.6 Å². The standard InChI is InChI=1S/C20H15ClN4OS/c1-13-9-15(21)7-8-18(13)25-19(26)17(23-20(25)27)10-14-11-22-24(12-14)16-5-3-2-4-6-16/h2-12H,1H3,(H,23,27)/b17-10+. The Labute approximate surface area is 166 Å². The van der Waals surface area contributed by atoms with Crippen LogP contribution in [0.2, 0.25) is 5.02 Å². The summed E-state index contributed by atoms with van der Waals surface area (Å²) in [5.74, 6) is -0.210. The maximum atomic E-state index is 12.9. The van der Waals surface area contributed by atoms with Crippen molar-refractivity contribution in [2.24, 2.45) is 0 Å². The van der Waals surface area contributed by atoms with E-state index in [9.17, 15) is 4.79 Å². The molecule has 0 spiro atoms. The summed E-state index contributed by atoms with van der Waals surface area (Å²) in [6.45, 7) is 1.89. The minimum Gasteiger partial charge on any atom is -0.327 e. The van der Waals surface area contributed by atoms with Gasteiger partial charge in [0.1, 0.15) is 5.70 Å². The highest BCUT2D eigenvalue weighted by molar-refractivity contribution is 7.80. The molecule has 0 unspecified atom stereocenters. The molecule has 1 aliphatic rings. The normalized spacial score (nSPS) is 15.5. The van der Waals surface area contributed by atoms with Gasteiger partial charge in [-0.05, 0) is 61.1 Å². The van der Waals surface area contributed by atoms with Crippen LogP contribution in [0.25, 0.3) is 11.8 Å². The van der Waals surface area contributed by atoms with Gasteiger partial charge < -0.3 is 5.32 Å². The number of benzene rings is 2. The average Bonchev–Trinajstić information content (AvgIpc) is 3.22. The van der Waals surface area contributed by atoms with E-state index < -0.39 is 0 Å². The van der Waals surface area contributed by atoms with Gasteiger partial charge in [-0.2, -0.15) is 5.10 Å². The molecule has 1 fully saturated rings. The number of hydrogen-bond acceptors (Lipinski definition) is 3. The number of amides is 1. The molecule has 1 amide bonds. The van der Waals surface area contributed by atoms with Gasteiger partial charge in [-0.25, -0.2) is 4.68 Å². The Kier molecular flexibility index (Phi) is 4.51. The number of thiocarbonyl (C=S) groups is 1. The zero-order valence-corrected chi connectivity index (χ0v) is 16.0. The van der Waals surface area contributed by atoms with Crippen LogP contribution in [-0.2, 0) is 4.79 Å². The third kappa shape index (κ3) is 3.37. The van der Waals surface area contributed by atoms with Crippen molar-refractivity contribution in [1.29, 1.82) is 0 Å². The Bertz CT molecular complexity index is 1070. The van der Waals surface area contributed by atoms with Crippen molar-refractivity contribution in [1.82, 2.24) is 15.1 Å². The molecular formula is C20H15ClN4OS. The zero-order valence-electron chi connectivity index (χ0n) is 14.4. The van der Waals surface area contributed by atoms with E-state index in [1.165, 1.54) is 4.90 Å². The molecule has 0 bridgehead atoms. The first-order valence-corrected chi connectivity index (χ1v) is 9.05. The van der Waals surface area contributed by atoms with Crippen LogP contribution in [0.1, 0.15) is 11.1 Å². The molecule has 1 aromatic heterocycles. The van der Waals surface area contributed by atoms with E-state index in [0.29, 0.717) is 21.5 Å². The number of nitrogens with one attached hydrogen (secondary N) is 1. The smallest absolute Gasteiger partial charge is 0.281 e.